The Labute approximate surface area is 339 Å². The second-order valence-corrected chi connectivity index (χ2v) is 18.3. The lowest BCUT2D eigenvalue weighted by Crippen LogP contribution is -2.46. The molecule has 0 bridgehead atoms. The second kappa shape index (κ2) is 21.9. The van der Waals surface area contributed by atoms with Gasteiger partial charge in [0, 0.05) is 37.1 Å². The number of hydrogen-bond acceptors (Lipinski definition) is 19. The molecule has 3 rings (SSSR count). The van der Waals surface area contributed by atoms with Gasteiger partial charge in [-0.2, -0.15) is 4.31 Å². The number of aliphatic hydroxyl groups is 2. The number of amides is 2. The number of hydrogen-bond donors (Lipinski definition) is 10. The van der Waals surface area contributed by atoms with E-state index in [-0.39, 0.29) is 60.2 Å². The fourth-order valence-electron chi connectivity index (χ4n) is 4.84. The molecule has 59 heavy (non-hydrogen) atoms. The maximum absolute atomic E-state index is 12.7. The number of aliphatic carboxylic acids is 1. The van der Waals surface area contributed by atoms with Crippen molar-refractivity contribution in [1.82, 2.24) is 30.2 Å². The number of phosphoric ester groups is 3. The molecular weight excluding hydrogens is 875 g/mol. The fraction of sp³-hybridized carbons (Fsp3) is 0.552. The Morgan fingerprint density at radius 1 is 1.02 bits per heavy atom. The number of imidazole rings is 1. The van der Waals surface area contributed by atoms with E-state index in [0.717, 1.165) is 29.0 Å². The van der Waals surface area contributed by atoms with E-state index in [9.17, 15) is 62.7 Å². The van der Waals surface area contributed by atoms with Gasteiger partial charge < -0.3 is 56.0 Å². The predicted octanol–water partition coefficient (Wildman–Crippen LogP) is -0.358. The van der Waals surface area contributed by atoms with Crippen molar-refractivity contribution in [2.75, 3.05) is 37.8 Å². The molecule has 0 radical (unpaired) electrons. The van der Waals surface area contributed by atoms with Crippen molar-refractivity contribution in [3.8, 4) is 0 Å². The summed E-state index contributed by atoms with van der Waals surface area (Å²) in [6.07, 6.45) is -1.07. The molecule has 1 aliphatic rings. The number of phosphoric acid groups is 3. The van der Waals surface area contributed by atoms with Crippen molar-refractivity contribution in [1.29, 1.82) is 0 Å². The number of nitrogen functional groups attached to an aromatic ring is 1. The van der Waals surface area contributed by atoms with E-state index >= 15 is 0 Å². The Balaban J connectivity index is 1.44. The van der Waals surface area contributed by atoms with Gasteiger partial charge in [0.1, 0.15) is 36.3 Å². The number of carboxylic acid groups (broad SMARTS) is 1. The lowest BCUT2D eigenvalue weighted by Gasteiger charge is -2.30. The molecule has 7 atom stereocenters. The van der Waals surface area contributed by atoms with Crippen LogP contribution in [0.1, 0.15) is 39.3 Å². The van der Waals surface area contributed by atoms with Gasteiger partial charge in [0.2, 0.25) is 11.8 Å². The Bertz CT molecular complexity index is 2010. The van der Waals surface area contributed by atoms with Crippen LogP contribution < -0.4 is 16.4 Å². The number of nitrogens with one attached hydrogen (secondary N) is 2. The predicted molar refractivity (Wildman–Crippen MR) is 202 cm³/mol. The number of allylic oxidation sites excluding steroid dienone is 3. The summed E-state index contributed by atoms with van der Waals surface area (Å²) in [5.41, 5.74) is 4.21. The molecule has 30 heteroatoms. The number of carboxylic acids is 1. The first-order chi connectivity index (χ1) is 27.4. The molecule has 0 saturated carbocycles. The standard InChI is InChI=1S/C29H44N7O19P3S/c1-29(2,24(42)27(43)32-10-9-18(37)31-11-12-59-20(40)8-6-4-3-5-7-19(38)39)14-52-58(49,50)55-57(47,48)51-13-17-23(54-56(44,45)46)22(41)28(53-17)36-16-35-21-25(30)33-15-34-26(21)36/h3-6,15-17,22-24,28,41-42H,7-14H2,1-2H3,(H,31,37)(H,32,43)(H,38,39)(H,47,48)(H,49,50)(H2,30,33,34)(H2,44,45,46)/b5-3+,6-4+. The number of nitrogens with two attached hydrogens (primary N) is 1. The number of rotatable bonds is 24. The molecule has 1 aliphatic heterocycles. The summed E-state index contributed by atoms with van der Waals surface area (Å²) in [7, 11) is -16.4. The summed E-state index contributed by atoms with van der Waals surface area (Å²) in [6.45, 7) is 0.304. The van der Waals surface area contributed by atoms with Crippen LogP contribution in [-0.2, 0) is 55.5 Å². The number of carbonyl (C=O) groups excluding carboxylic acids is 3. The smallest absolute Gasteiger partial charge is 0.481 e. The molecule has 0 aliphatic carbocycles. The third-order valence-electron chi connectivity index (χ3n) is 7.73. The SMILES string of the molecule is CC(C)(COP(=O)(O)OP(=O)(O)OCC1OC(n2cnc3c(N)ncnc32)C(O)C1OP(=O)(O)O)C(O)C(=O)NCCC(=O)NCCSC(=O)C/C=C/C=C/CC(=O)O. The molecule has 0 spiro atoms. The number of ether oxygens (including phenoxy) is 1. The highest BCUT2D eigenvalue weighted by Gasteiger charge is 2.50. The number of fused-ring (bicyclic) bond motifs is 1. The van der Waals surface area contributed by atoms with Gasteiger partial charge >= 0.3 is 29.4 Å². The van der Waals surface area contributed by atoms with E-state index in [0.29, 0.717) is 0 Å². The first-order valence-electron chi connectivity index (χ1n) is 17.0. The minimum atomic E-state index is -5.59. The van der Waals surface area contributed by atoms with Gasteiger partial charge in [0.25, 0.3) is 0 Å². The first kappa shape index (κ1) is 49.9. The molecule has 330 valence electrons. The summed E-state index contributed by atoms with van der Waals surface area (Å²) in [6, 6.07) is 0. The van der Waals surface area contributed by atoms with Gasteiger partial charge in [-0.15, -0.1) is 0 Å². The maximum Gasteiger partial charge on any atom is 0.481 e. The van der Waals surface area contributed by atoms with Gasteiger partial charge in [-0.05, 0) is 0 Å². The van der Waals surface area contributed by atoms with Crippen LogP contribution in [0.25, 0.3) is 11.2 Å². The molecule has 2 amide bonds. The molecule has 2 aromatic heterocycles. The van der Waals surface area contributed by atoms with Gasteiger partial charge in [-0.1, -0.05) is 49.9 Å². The van der Waals surface area contributed by atoms with E-state index in [4.69, 9.17) is 24.6 Å². The third kappa shape index (κ3) is 16.5. The van der Waals surface area contributed by atoms with E-state index < -0.39 is 90.5 Å². The van der Waals surface area contributed by atoms with Crippen molar-refractivity contribution in [2.24, 2.45) is 5.41 Å². The number of thioether (sulfide) groups is 1. The van der Waals surface area contributed by atoms with Crippen LogP contribution in [0, 0.1) is 5.41 Å². The summed E-state index contributed by atoms with van der Waals surface area (Å²) in [4.78, 5) is 97.9. The van der Waals surface area contributed by atoms with Crippen LogP contribution in [0.15, 0.2) is 37.0 Å². The molecular formula is C29H44N7O19P3S. The molecule has 7 unspecified atom stereocenters. The monoisotopic (exact) mass is 919 g/mol. The van der Waals surface area contributed by atoms with Crippen molar-refractivity contribution in [3.05, 3.63) is 37.0 Å². The second-order valence-electron chi connectivity index (χ2n) is 12.9. The van der Waals surface area contributed by atoms with Gasteiger partial charge in [0.05, 0.1) is 26.0 Å². The van der Waals surface area contributed by atoms with Gasteiger partial charge in [-0.25, -0.2) is 28.6 Å². The Kier molecular flexibility index (Phi) is 18.5. The van der Waals surface area contributed by atoms with E-state index in [1.54, 1.807) is 12.2 Å². The Morgan fingerprint density at radius 3 is 2.34 bits per heavy atom. The number of carbonyl (C=O) groups is 4. The largest absolute Gasteiger partial charge is 0.481 e. The normalized spacial score (nSPS) is 21.4. The first-order valence-corrected chi connectivity index (χ1v) is 22.5. The Morgan fingerprint density at radius 2 is 1.68 bits per heavy atom. The van der Waals surface area contributed by atoms with Gasteiger partial charge in [-0.3, -0.25) is 37.3 Å². The minimum Gasteiger partial charge on any atom is -0.481 e. The number of aromatic nitrogens is 4. The van der Waals surface area contributed by atoms with Crippen LogP contribution in [0.5, 0.6) is 0 Å². The van der Waals surface area contributed by atoms with E-state index in [2.05, 4.69) is 34.4 Å². The summed E-state index contributed by atoms with van der Waals surface area (Å²) in [5, 5.41) is 34.7. The summed E-state index contributed by atoms with van der Waals surface area (Å²) in [5.74, 6) is -2.27. The van der Waals surface area contributed by atoms with Crippen molar-refractivity contribution >= 4 is 75.1 Å². The van der Waals surface area contributed by atoms with Crippen molar-refractivity contribution < 1.29 is 90.4 Å². The highest BCUT2D eigenvalue weighted by molar-refractivity contribution is 8.13. The Hall–Kier alpha value is -3.49. The van der Waals surface area contributed by atoms with E-state index in [1.807, 2.05) is 0 Å². The zero-order chi connectivity index (χ0) is 44.2. The molecule has 11 N–H and O–H groups in total. The summed E-state index contributed by atoms with van der Waals surface area (Å²) >= 11 is 0.969. The van der Waals surface area contributed by atoms with Crippen LogP contribution in [-0.4, -0.2) is 134 Å². The van der Waals surface area contributed by atoms with Crippen molar-refractivity contribution in [3.63, 3.8) is 0 Å². The van der Waals surface area contributed by atoms with Gasteiger partial charge in [0.15, 0.2) is 22.8 Å². The minimum absolute atomic E-state index is 0.0208. The van der Waals surface area contributed by atoms with Crippen LogP contribution in [0.3, 0.4) is 0 Å². The highest BCUT2D eigenvalue weighted by atomic mass is 32.2. The van der Waals surface area contributed by atoms with Crippen molar-refractivity contribution in [2.45, 2.75) is 63.8 Å². The van der Waals surface area contributed by atoms with Crippen LogP contribution in [0.4, 0.5) is 5.82 Å². The molecule has 1 fully saturated rings. The molecule has 0 aromatic carbocycles. The molecule has 26 nitrogen and oxygen atoms in total. The number of aliphatic hydroxyl groups excluding tert-OH is 2. The molecule has 3 heterocycles. The number of anilines is 1. The average molecular weight is 920 g/mol. The topological polar surface area (TPSA) is 401 Å². The van der Waals surface area contributed by atoms with Crippen LogP contribution in [0.2, 0.25) is 0 Å². The molecule has 1 saturated heterocycles. The lowest BCUT2D eigenvalue weighted by molar-refractivity contribution is -0.137. The summed E-state index contributed by atoms with van der Waals surface area (Å²) < 4.78 is 62.1. The zero-order valence-electron chi connectivity index (χ0n) is 31.2. The van der Waals surface area contributed by atoms with Crippen LogP contribution >= 0.6 is 35.2 Å². The quantitative estimate of drug-likeness (QED) is 0.0365. The third-order valence-corrected chi connectivity index (χ3v) is 11.7. The number of nitrogens with zero attached hydrogens (tertiary/aromatic N) is 4. The lowest BCUT2D eigenvalue weighted by atomic mass is 9.87. The highest BCUT2D eigenvalue weighted by Crippen LogP contribution is 2.61. The fourth-order valence-corrected chi connectivity index (χ4v) is 8.32. The molecule has 2 aromatic rings. The average Bonchev–Trinajstić information content (AvgIpc) is 3.69. The zero-order valence-corrected chi connectivity index (χ0v) is 34.7. The van der Waals surface area contributed by atoms with E-state index in [1.165, 1.54) is 26.0 Å². The maximum atomic E-state index is 12.7.